The Kier molecular flexibility index (Phi) is 5.67. The Labute approximate surface area is 134 Å². The zero-order valence-corrected chi connectivity index (χ0v) is 13.0. The maximum atomic E-state index is 10.7. The topological polar surface area (TPSA) is 58.6 Å². The highest BCUT2D eigenvalue weighted by atomic mass is 35.5. The summed E-state index contributed by atoms with van der Waals surface area (Å²) < 4.78 is 5.44. The largest absolute Gasteiger partial charge is 0.493 e. The molecule has 1 atom stereocenters. The third-order valence-corrected chi connectivity index (χ3v) is 3.44. The number of halogens is 1. The van der Waals surface area contributed by atoms with Crippen molar-refractivity contribution in [1.29, 1.82) is 0 Å². The van der Waals surface area contributed by atoms with Gasteiger partial charge < -0.3 is 15.2 Å². The van der Waals surface area contributed by atoms with E-state index in [0.717, 1.165) is 16.3 Å². The van der Waals surface area contributed by atoms with Crippen LogP contribution in [-0.4, -0.2) is 17.7 Å². The maximum Gasteiger partial charge on any atom is 0.309 e. The lowest BCUT2D eigenvalue weighted by Gasteiger charge is -2.11. The van der Waals surface area contributed by atoms with Gasteiger partial charge in [-0.1, -0.05) is 23.7 Å². The molecule has 0 bridgehead atoms. The molecule has 0 fully saturated rings. The first-order valence-electron chi connectivity index (χ1n) is 6.98. The van der Waals surface area contributed by atoms with E-state index in [2.05, 4.69) is 5.32 Å². The Morgan fingerprint density at radius 3 is 2.41 bits per heavy atom. The van der Waals surface area contributed by atoms with Gasteiger partial charge in [0.15, 0.2) is 0 Å². The maximum absolute atomic E-state index is 10.7. The number of benzene rings is 2. The van der Waals surface area contributed by atoms with Crippen LogP contribution in [0.15, 0.2) is 48.5 Å². The molecule has 5 heteroatoms. The van der Waals surface area contributed by atoms with Gasteiger partial charge in [0.05, 0.1) is 5.92 Å². The Morgan fingerprint density at radius 1 is 1.18 bits per heavy atom. The van der Waals surface area contributed by atoms with E-state index in [1.165, 1.54) is 0 Å². The molecule has 0 aromatic heterocycles. The molecule has 2 rings (SSSR count). The van der Waals surface area contributed by atoms with E-state index < -0.39 is 11.9 Å². The van der Waals surface area contributed by atoms with Crippen molar-refractivity contribution >= 4 is 23.3 Å². The first kappa shape index (κ1) is 16.2. The summed E-state index contributed by atoms with van der Waals surface area (Å²) >= 11 is 5.85. The molecule has 0 saturated heterocycles. The van der Waals surface area contributed by atoms with Crippen LogP contribution in [0.3, 0.4) is 0 Å². The summed E-state index contributed by atoms with van der Waals surface area (Å²) in [4.78, 5) is 10.7. The third-order valence-electron chi connectivity index (χ3n) is 3.19. The lowest BCUT2D eigenvalue weighted by molar-refractivity contribution is -0.142. The number of hydrogen-bond donors (Lipinski definition) is 2. The molecule has 0 aliphatic rings. The van der Waals surface area contributed by atoms with E-state index in [9.17, 15) is 4.79 Å². The fourth-order valence-electron chi connectivity index (χ4n) is 1.77. The number of carbonyl (C=O) groups is 1. The van der Waals surface area contributed by atoms with Gasteiger partial charge in [0.1, 0.15) is 12.4 Å². The van der Waals surface area contributed by atoms with E-state index >= 15 is 0 Å². The van der Waals surface area contributed by atoms with Crippen molar-refractivity contribution in [1.82, 2.24) is 0 Å². The third kappa shape index (κ3) is 4.97. The van der Waals surface area contributed by atoms with Gasteiger partial charge in [-0.05, 0) is 48.9 Å². The van der Waals surface area contributed by atoms with E-state index in [4.69, 9.17) is 21.4 Å². The second-order valence-corrected chi connectivity index (χ2v) is 5.49. The van der Waals surface area contributed by atoms with E-state index in [1.807, 2.05) is 48.5 Å². The van der Waals surface area contributed by atoms with Gasteiger partial charge in [-0.3, -0.25) is 4.79 Å². The molecule has 0 heterocycles. The Morgan fingerprint density at radius 2 is 1.82 bits per heavy atom. The molecule has 116 valence electrons. The Balaban J connectivity index is 1.83. The smallest absolute Gasteiger partial charge is 0.309 e. The van der Waals surface area contributed by atoms with Gasteiger partial charge in [-0.15, -0.1) is 0 Å². The first-order valence-corrected chi connectivity index (χ1v) is 7.36. The van der Waals surface area contributed by atoms with Crippen LogP contribution in [0.25, 0.3) is 0 Å². The zero-order valence-electron chi connectivity index (χ0n) is 12.3. The molecule has 1 unspecified atom stereocenters. The number of aliphatic carboxylic acids is 1. The molecule has 0 spiro atoms. The SMILES string of the molecule is CC(COc1ccc(NCc2ccc(Cl)cc2)cc1)C(=O)O. The van der Waals surface area contributed by atoms with Crippen LogP contribution in [0.5, 0.6) is 5.75 Å². The summed E-state index contributed by atoms with van der Waals surface area (Å²) in [7, 11) is 0. The molecule has 0 radical (unpaired) electrons. The van der Waals surface area contributed by atoms with Crippen LogP contribution in [0.4, 0.5) is 5.69 Å². The monoisotopic (exact) mass is 319 g/mol. The van der Waals surface area contributed by atoms with Gasteiger partial charge in [-0.2, -0.15) is 0 Å². The van der Waals surface area contributed by atoms with Crippen LogP contribution in [0, 0.1) is 5.92 Å². The molecule has 2 aromatic rings. The van der Waals surface area contributed by atoms with Gasteiger partial charge >= 0.3 is 5.97 Å². The van der Waals surface area contributed by atoms with Crippen molar-refractivity contribution in [2.75, 3.05) is 11.9 Å². The van der Waals surface area contributed by atoms with Crippen LogP contribution in [-0.2, 0) is 11.3 Å². The van der Waals surface area contributed by atoms with E-state index in [1.54, 1.807) is 6.92 Å². The fourth-order valence-corrected chi connectivity index (χ4v) is 1.89. The van der Waals surface area contributed by atoms with Crippen LogP contribution < -0.4 is 10.1 Å². The predicted octanol–water partition coefficient (Wildman–Crippen LogP) is 4.05. The van der Waals surface area contributed by atoms with Crippen molar-refractivity contribution in [3.63, 3.8) is 0 Å². The minimum Gasteiger partial charge on any atom is -0.493 e. The molecule has 0 amide bonds. The number of ether oxygens (including phenoxy) is 1. The molecular formula is C17H18ClNO3. The molecule has 2 N–H and O–H groups in total. The summed E-state index contributed by atoms with van der Waals surface area (Å²) in [5.41, 5.74) is 2.11. The average Bonchev–Trinajstić information content (AvgIpc) is 2.53. The lowest BCUT2D eigenvalue weighted by atomic mass is 10.2. The zero-order chi connectivity index (χ0) is 15.9. The van der Waals surface area contributed by atoms with E-state index in [0.29, 0.717) is 12.3 Å². The second-order valence-electron chi connectivity index (χ2n) is 5.05. The van der Waals surface area contributed by atoms with Crippen molar-refractivity contribution < 1.29 is 14.6 Å². The summed E-state index contributed by atoms with van der Waals surface area (Å²) in [6.07, 6.45) is 0. The minimum absolute atomic E-state index is 0.160. The van der Waals surface area contributed by atoms with Crippen molar-refractivity contribution in [3.8, 4) is 5.75 Å². The number of anilines is 1. The first-order chi connectivity index (χ1) is 10.5. The van der Waals surface area contributed by atoms with Crippen LogP contribution in [0.2, 0.25) is 5.02 Å². The molecule has 0 saturated carbocycles. The van der Waals surface area contributed by atoms with Crippen molar-refractivity contribution in [3.05, 3.63) is 59.1 Å². The number of hydrogen-bond acceptors (Lipinski definition) is 3. The second kappa shape index (κ2) is 7.71. The van der Waals surface area contributed by atoms with Crippen molar-refractivity contribution in [2.45, 2.75) is 13.5 Å². The van der Waals surface area contributed by atoms with Gasteiger partial charge in [0.25, 0.3) is 0 Å². The highest BCUT2D eigenvalue weighted by molar-refractivity contribution is 6.30. The lowest BCUT2D eigenvalue weighted by Crippen LogP contribution is -2.17. The highest BCUT2D eigenvalue weighted by Crippen LogP contribution is 2.17. The van der Waals surface area contributed by atoms with Gasteiger partial charge in [0.2, 0.25) is 0 Å². The number of carboxylic acids is 1. The quantitative estimate of drug-likeness (QED) is 0.808. The molecule has 22 heavy (non-hydrogen) atoms. The molecule has 0 aliphatic heterocycles. The normalized spacial score (nSPS) is 11.7. The number of rotatable bonds is 7. The Bertz CT molecular complexity index is 611. The predicted molar refractivity (Wildman–Crippen MR) is 87.5 cm³/mol. The molecular weight excluding hydrogens is 302 g/mol. The minimum atomic E-state index is -0.860. The summed E-state index contributed by atoms with van der Waals surface area (Å²) in [6.45, 7) is 2.48. The summed E-state index contributed by atoms with van der Waals surface area (Å²) in [5, 5.41) is 12.8. The highest BCUT2D eigenvalue weighted by Gasteiger charge is 2.11. The van der Waals surface area contributed by atoms with Crippen molar-refractivity contribution in [2.24, 2.45) is 5.92 Å². The fraction of sp³-hybridized carbons (Fsp3) is 0.235. The number of nitrogens with one attached hydrogen (secondary N) is 1. The average molecular weight is 320 g/mol. The molecule has 2 aromatic carbocycles. The standard InChI is InChI=1S/C17H18ClNO3/c1-12(17(20)21)11-22-16-8-6-15(7-9-16)19-10-13-2-4-14(18)5-3-13/h2-9,12,19H,10-11H2,1H3,(H,20,21). The molecule has 4 nitrogen and oxygen atoms in total. The summed E-state index contributed by atoms with van der Waals surface area (Å²) in [6, 6.07) is 15.1. The van der Waals surface area contributed by atoms with Gasteiger partial charge in [0, 0.05) is 17.3 Å². The Hall–Kier alpha value is -2.20. The molecule has 0 aliphatic carbocycles. The number of carboxylic acid groups (broad SMARTS) is 1. The van der Waals surface area contributed by atoms with Crippen LogP contribution in [0.1, 0.15) is 12.5 Å². The van der Waals surface area contributed by atoms with Crippen LogP contribution >= 0.6 is 11.6 Å². The van der Waals surface area contributed by atoms with E-state index in [-0.39, 0.29) is 6.61 Å². The summed E-state index contributed by atoms with van der Waals surface area (Å²) in [5.74, 6) is -0.728. The van der Waals surface area contributed by atoms with Gasteiger partial charge in [-0.25, -0.2) is 0 Å².